The Labute approximate surface area is 210 Å². The molecule has 1 aliphatic heterocycles. The average molecular weight is 577 g/mol. The fourth-order valence-electron chi connectivity index (χ4n) is 3.93. The summed E-state index contributed by atoms with van der Waals surface area (Å²) in [5, 5.41) is 0.756. The van der Waals surface area contributed by atoms with Gasteiger partial charge in [-0.25, -0.2) is 0 Å². The summed E-state index contributed by atoms with van der Waals surface area (Å²) in [6, 6.07) is 16.5. The third kappa shape index (κ3) is 6.56. The maximum Gasteiger partial charge on any atom is 0.278 e. The van der Waals surface area contributed by atoms with Crippen molar-refractivity contribution in [2.24, 2.45) is 5.92 Å². The Hall–Kier alpha value is -1.41. The summed E-state index contributed by atoms with van der Waals surface area (Å²) < 4.78 is 4.24. The normalized spacial score (nSPS) is 15.2. The van der Waals surface area contributed by atoms with E-state index in [-0.39, 0.29) is 5.56 Å². The van der Waals surface area contributed by atoms with E-state index in [1.165, 1.54) is 24.0 Å². The highest BCUT2D eigenvalue weighted by atomic mass is 79.9. The lowest BCUT2D eigenvalue weighted by atomic mass is 9.99. The monoisotopic (exact) mass is 575 g/mol. The highest BCUT2D eigenvalue weighted by molar-refractivity contribution is 9.10. The number of piperidine rings is 1. The molecule has 3 aromatic rings. The zero-order valence-electron chi connectivity index (χ0n) is 18.1. The van der Waals surface area contributed by atoms with Crippen LogP contribution in [0.3, 0.4) is 0 Å². The van der Waals surface area contributed by atoms with Crippen molar-refractivity contribution in [1.29, 1.82) is 0 Å². The molecule has 1 aromatic heterocycles. The molecule has 168 valence electrons. The van der Waals surface area contributed by atoms with Crippen molar-refractivity contribution in [3.05, 3.63) is 90.7 Å². The number of hydrogen-bond donors (Lipinski definition) is 0. The molecule has 0 aliphatic carbocycles. The van der Waals surface area contributed by atoms with E-state index in [9.17, 15) is 4.79 Å². The van der Waals surface area contributed by atoms with Crippen molar-refractivity contribution in [2.75, 3.05) is 13.1 Å². The summed E-state index contributed by atoms with van der Waals surface area (Å²) in [5.41, 5.74) is 3.04. The van der Waals surface area contributed by atoms with Gasteiger partial charge >= 0.3 is 0 Å². The molecule has 0 amide bonds. The molecular formula is C25H27Br2N3OS. The van der Waals surface area contributed by atoms with Gasteiger partial charge in [-0.2, -0.15) is 4.98 Å². The molecule has 0 bridgehead atoms. The lowest BCUT2D eigenvalue weighted by molar-refractivity contribution is 0.184. The largest absolute Gasteiger partial charge is 0.323 e. The predicted octanol–water partition coefficient (Wildman–Crippen LogP) is 6.34. The second-order valence-corrected chi connectivity index (χ2v) is 11.3. The van der Waals surface area contributed by atoms with Crippen LogP contribution in [0.15, 0.2) is 73.6 Å². The Morgan fingerprint density at radius 1 is 1.00 bits per heavy atom. The molecule has 2 heterocycles. The quantitative estimate of drug-likeness (QED) is 0.243. The lowest BCUT2D eigenvalue weighted by Crippen LogP contribution is -2.34. The van der Waals surface area contributed by atoms with Gasteiger partial charge in [0.15, 0.2) is 5.16 Å². The third-order valence-corrected chi connectivity index (χ3v) is 7.85. The van der Waals surface area contributed by atoms with Gasteiger partial charge in [0.2, 0.25) is 0 Å². The summed E-state index contributed by atoms with van der Waals surface area (Å²) in [6.07, 6.45) is 4.41. The number of nitrogens with zero attached hydrogens (tertiary/aromatic N) is 3. The number of thioether (sulfide) groups is 1. The van der Waals surface area contributed by atoms with E-state index >= 15 is 0 Å². The first-order valence-corrected chi connectivity index (χ1v) is 13.5. The van der Waals surface area contributed by atoms with E-state index in [2.05, 4.69) is 77.5 Å². The second-order valence-electron chi connectivity index (χ2n) is 8.49. The first kappa shape index (κ1) is 23.7. The van der Waals surface area contributed by atoms with Crippen molar-refractivity contribution < 1.29 is 0 Å². The maximum absolute atomic E-state index is 12.9. The molecule has 7 heteroatoms. The zero-order valence-corrected chi connectivity index (χ0v) is 22.1. The molecule has 0 radical (unpaired) electrons. The average Bonchev–Trinajstić information content (AvgIpc) is 2.76. The van der Waals surface area contributed by atoms with Crippen molar-refractivity contribution >= 4 is 43.6 Å². The Balaban J connectivity index is 1.59. The smallest absolute Gasteiger partial charge is 0.278 e. The van der Waals surface area contributed by atoms with Crippen LogP contribution in [-0.4, -0.2) is 27.5 Å². The first-order chi connectivity index (χ1) is 15.5. The van der Waals surface area contributed by atoms with Crippen LogP contribution in [0.5, 0.6) is 0 Å². The van der Waals surface area contributed by atoms with E-state index in [0.717, 1.165) is 44.4 Å². The Morgan fingerprint density at radius 3 is 2.34 bits per heavy atom. The number of likely N-dealkylation sites (tertiary alicyclic amines) is 1. The van der Waals surface area contributed by atoms with Crippen LogP contribution in [0.1, 0.15) is 36.5 Å². The van der Waals surface area contributed by atoms with E-state index in [1.807, 2.05) is 30.5 Å². The highest BCUT2D eigenvalue weighted by Gasteiger charge is 2.18. The Morgan fingerprint density at radius 2 is 1.66 bits per heavy atom. The minimum absolute atomic E-state index is 0.106. The standard InChI is InChI=1S/C25H27Br2N3OS/c1-18-8-10-29(11-9-18)15-21-16-30(14-19-4-2-6-22(26)12-19)25(28-24(21)31)32-17-20-5-3-7-23(27)13-20/h2-7,12-13,16,18H,8-11,14-15,17H2,1H3. The zero-order chi connectivity index (χ0) is 22.5. The Kier molecular flexibility index (Phi) is 8.27. The molecule has 2 aromatic carbocycles. The fourth-order valence-corrected chi connectivity index (χ4v) is 5.73. The van der Waals surface area contributed by atoms with Crippen LogP contribution in [0.4, 0.5) is 0 Å². The van der Waals surface area contributed by atoms with Gasteiger partial charge in [-0.15, -0.1) is 0 Å². The molecule has 0 atom stereocenters. The van der Waals surface area contributed by atoms with Gasteiger partial charge in [0.25, 0.3) is 5.56 Å². The summed E-state index contributed by atoms with van der Waals surface area (Å²) >= 11 is 8.71. The Bertz CT molecular complexity index is 1130. The summed E-state index contributed by atoms with van der Waals surface area (Å²) in [7, 11) is 0. The van der Waals surface area contributed by atoms with Gasteiger partial charge in [0.05, 0.1) is 0 Å². The van der Waals surface area contributed by atoms with Crippen LogP contribution in [0, 0.1) is 5.92 Å². The molecule has 32 heavy (non-hydrogen) atoms. The third-order valence-electron chi connectivity index (χ3n) is 5.80. The molecule has 1 aliphatic rings. The van der Waals surface area contributed by atoms with Gasteiger partial charge in [0, 0.05) is 39.5 Å². The minimum Gasteiger partial charge on any atom is -0.323 e. The van der Waals surface area contributed by atoms with Gasteiger partial charge in [-0.05, 0) is 67.2 Å². The molecule has 4 nitrogen and oxygen atoms in total. The molecule has 0 unspecified atom stereocenters. The molecular weight excluding hydrogens is 550 g/mol. The summed E-state index contributed by atoms with van der Waals surface area (Å²) in [6.45, 7) is 5.75. The number of hydrogen-bond acceptors (Lipinski definition) is 4. The van der Waals surface area contributed by atoms with Crippen molar-refractivity contribution in [1.82, 2.24) is 14.5 Å². The molecule has 0 N–H and O–H groups in total. The number of halogens is 2. The van der Waals surface area contributed by atoms with E-state index in [0.29, 0.717) is 13.1 Å². The predicted molar refractivity (Wildman–Crippen MR) is 139 cm³/mol. The van der Waals surface area contributed by atoms with E-state index in [1.54, 1.807) is 11.8 Å². The van der Waals surface area contributed by atoms with E-state index < -0.39 is 0 Å². The maximum atomic E-state index is 12.9. The summed E-state index contributed by atoms with van der Waals surface area (Å²) in [5.74, 6) is 1.53. The number of rotatable bonds is 7. The SMILES string of the molecule is CC1CCN(Cc2cn(Cc3cccc(Br)c3)c(SCc3cccc(Br)c3)nc2=O)CC1. The molecule has 1 fully saturated rings. The molecule has 1 saturated heterocycles. The van der Waals surface area contributed by atoms with Gasteiger partial charge in [-0.1, -0.05) is 74.8 Å². The van der Waals surface area contributed by atoms with Gasteiger partial charge in [-0.3, -0.25) is 9.69 Å². The van der Waals surface area contributed by atoms with Crippen LogP contribution in [0.2, 0.25) is 0 Å². The molecule has 0 saturated carbocycles. The minimum atomic E-state index is -0.106. The second kappa shape index (κ2) is 11.1. The number of benzene rings is 2. The van der Waals surface area contributed by atoms with Gasteiger partial charge in [0.1, 0.15) is 0 Å². The van der Waals surface area contributed by atoms with Crippen LogP contribution < -0.4 is 5.56 Å². The van der Waals surface area contributed by atoms with Crippen molar-refractivity contribution in [3.63, 3.8) is 0 Å². The van der Waals surface area contributed by atoms with E-state index in [4.69, 9.17) is 0 Å². The molecule has 0 spiro atoms. The van der Waals surface area contributed by atoms with Crippen molar-refractivity contribution in [2.45, 2.75) is 43.8 Å². The van der Waals surface area contributed by atoms with Crippen LogP contribution in [0.25, 0.3) is 0 Å². The van der Waals surface area contributed by atoms with Crippen molar-refractivity contribution in [3.8, 4) is 0 Å². The van der Waals surface area contributed by atoms with Crippen LogP contribution in [-0.2, 0) is 18.8 Å². The topological polar surface area (TPSA) is 38.1 Å². The fraction of sp³-hybridized carbons (Fsp3) is 0.360. The number of aromatic nitrogens is 2. The van der Waals surface area contributed by atoms with Crippen LogP contribution >= 0.6 is 43.6 Å². The summed E-state index contributed by atoms with van der Waals surface area (Å²) in [4.78, 5) is 19.8. The lowest BCUT2D eigenvalue weighted by Gasteiger charge is -2.30. The van der Waals surface area contributed by atoms with Gasteiger partial charge < -0.3 is 4.57 Å². The first-order valence-electron chi connectivity index (χ1n) is 10.9. The molecule has 4 rings (SSSR count). The highest BCUT2D eigenvalue weighted by Crippen LogP contribution is 2.24.